The molecule has 1 aliphatic heterocycles. The summed E-state index contributed by atoms with van der Waals surface area (Å²) in [6, 6.07) is 10.8. The zero-order valence-corrected chi connectivity index (χ0v) is 19.3. The van der Waals surface area contributed by atoms with Crippen LogP contribution in [0.25, 0.3) is 6.08 Å². The second kappa shape index (κ2) is 8.86. The summed E-state index contributed by atoms with van der Waals surface area (Å²) in [5.74, 6) is 1.08. The van der Waals surface area contributed by atoms with Gasteiger partial charge < -0.3 is 9.47 Å². The number of hydrogen-bond donors (Lipinski definition) is 0. The van der Waals surface area contributed by atoms with Crippen molar-refractivity contribution in [1.82, 2.24) is 0 Å². The van der Waals surface area contributed by atoms with E-state index in [1.165, 1.54) is 16.7 Å². The van der Waals surface area contributed by atoms with Gasteiger partial charge in [0.05, 0.1) is 28.8 Å². The van der Waals surface area contributed by atoms with Crippen molar-refractivity contribution in [3.63, 3.8) is 0 Å². The molecule has 1 fully saturated rings. The van der Waals surface area contributed by atoms with Crippen molar-refractivity contribution < 1.29 is 14.3 Å². The number of hydrogen-bond acceptors (Lipinski definition) is 5. The summed E-state index contributed by atoms with van der Waals surface area (Å²) in [4.78, 5) is 14.9. The van der Waals surface area contributed by atoms with Crippen LogP contribution in [0.15, 0.2) is 45.8 Å². The van der Waals surface area contributed by atoms with Gasteiger partial charge in [0.2, 0.25) is 0 Å². The maximum Gasteiger partial charge on any atom is 0.270 e. The average Bonchev–Trinajstić information content (AvgIpc) is 2.92. The van der Waals surface area contributed by atoms with Crippen LogP contribution in [-0.4, -0.2) is 23.4 Å². The molecule has 0 aromatic heterocycles. The van der Waals surface area contributed by atoms with Crippen molar-refractivity contribution in [1.29, 1.82) is 0 Å². The molecule has 2 aromatic rings. The predicted octanol–water partition coefficient (Wildman–Crippen LogP) is 6.30. The molecule has 0 unspecified atom stereocenters. The fraction of sp³-hybridized carbons (Fsp3) is 0.200. The zero-order valence-electron chi connectivity index (χ0n) is 15.4. The minimum Gasteiger partial charge on any atom is -0.493 e. The highest BCUT2D eigenvalue weighted by atomic mass is 79.9. The first kappa shape index (κ1) is 21.2. The number of methoxy groups -OCH3 is 1. The summed E-state index contributed by atoms with van der Waals surface area (Å²) in [6.45, 7) is 3.90. The van der Waals surface area contributed by atoms with Gasteiger partial charge >= 0.3 is 0 Å². The van der Waals surface area contributed by atoms with Crippen molar-refractivity contribution >= 4 is 73.5 Å². The van der Waals surface area contributed by atoms with Gasteiger partial charge in [0.1, 0.15) is 0 Å². The molecule has 0 saturated carbocycles. The second-order valence-electron chi connectivity index (χ2n) is 6.19. The number of anilines is 1. The summed E-state index contributed by atoms with van der Waals surface area (Å²) in [5, 5.41) is 0.515. The molecule has 0 bridgehead atoms. The van der Waals surface area contributed by atoms with Crippen molar-refractivity contribution in [2.24, 2.45) is 0 Å². The van der Waals surface area contributed by atoms with E-state index >= 15 is 0 Å². The minimum atomic E-state index is -0.185. The van der Waals surface area contributed by atoms with Gasteiger partial charge in [-0.05, 0) is 71.7 Å². The van der Waals surface area contributed by atoms with Gasteiger partial charge in [-0.1, -0.05) is 41.6 Å². The van der Waals surface area contributed by atoms with Crippen LogP contribution in [0, 0.1) is 0 Å². The number of thiocarbonyl (C=S) groups is 1. The van der Waals surface area contributed by atoms with Crippen LogP contribution in [0.3, 0.4) is 0 Å². The van der Waals surface area contributed by atoms with Crippen LogP contribution >= 0.6 is 51.5 Å². The molecule has 8 heteroatoms. The lowest BCUT2D eigenvalue weighted by Gasteiger charge is -2.15. The second-order valence-corrected chi connectivity index (χ2v) is 9.13. The van der Waals surface area contributed by atoms with E-state index in [1.807, 2.05) is 32.0 Å². The predicted molar refractivity (Wildman–Crippen MR) is 124 cm³/mol. The molecule has 4 nitrogen and oxygen atoms in total. The van der Waals surface area contributed by atoms with E-state index in [0.29, 0.717) is 31.4 Å². The molecule has 3 rings (SSSR count). The maximum atomic E-state index is 12.9. The molecule has 0 spiro atoms. The molecular formula is C20H17BrClNO3S2. The van der Waals surface area contributed by atoms with E-state index < -0.39 is 0 Å². The molecule has 2 aromatic carbocycles. The number of ether oxygens (including phenoxy) is 2. The van der Waals surface area contributed by atoms with Gasteiger partial charge in [-0.15, -0.1) is 0 Å². The highest BCUT2D eigenvalue weighted by Gasteiger charge is 2.33. The molecule has 1 heterocycles. The third-order valence-corrected chi connectivity index (χ3v) is 6.34. The van der Waals surface area contributed by atoms with Gasteiger partial charge in [0.25, 0.3) is 5.91 Å². The van der Waals surface area contributed by atoms with Crippen molar-refractivity contribution in [3.05, 3.63) is 56.4 Å². The lowest BCUT2D eigenvalue weighted by Crippen LogP contribution is -2.27. The normalized spacial score (nSPS) is 15.6. The first-order valence-corrected chi connectivity index (χ1v) is 10.8. The van der Waals surface area contributed by atoms with E-state index in [2.05, 4.69) is 15.9 Å². The fourth-order valence-corrected chi connectivity index (χ4v) is 4.31. The number of halogens is 2. The summed E-state index contributed by atoms with van der Waals surface area (Å²) in [6.07, 6.45) is 1.83. The third-order valence-electron chi connectivity index (χ3n) is 3.80. The smallest absolute Gasteiger partial charge is 0.270 e. The first-order chi connectivity index (χ1) is 13.3. The summed E-state index contributed by atoms with van der Waals surface area (Å²) >= 11 is 16.2. The molecular weight excluding hydrogens is 482 g/mol. The van der Waals surface area contributed by atoms with E-state index in [9.17, 15) is 4.79 Å². The molecule has 0 N–H and O–H groups in total. The lowest BCUT2D eigenvalue weighted by molar-refractivity contribution is -0.113. The number of thioether (sulfide) groups is 1. The molecule has 146 valence electrons. The van der Waals surface area contributed by atoms with Gasteiger partial charge in [-0.2, -0.15) is 0 Å². The molecule has 0 radical (unpaired) electrons. The van der Waals surface area contributed by atoms with Crippen LogP contribution in [-0.2, 0) is 4.79 Å². The Bertz CT molecular complexity index is 978. The molecule has 1 amide bonds. The Kier molecular flexibility index (Phi) is 6.70. The summed E-state index contributed by atoms with van der Waals surface area (Å²) in [7, 11) is 1.59. The molecule has 1 aliphatic rings. The maximum absolute atomic E-state index is 12.9. The molecule has 1 saturated heterocycles. The Morgan fingerprint density at radius 2 is 1.96 bits per heavy atom. The number of benzene rings is 2. The van der Waals surface area contributed by atoms with Gasteiger partial charge in [0, 0.05) is 4.47 Å². The van der Waals surface area contributed by atoms with E-state index in [4.69, 9.17) is 33.3 Å². The number of rotatable bonds is 5. The van der Waals surface area contributed by atoms with Gasteiger partial charge in [0.15, 0.2) is 15.8 Å². The van der Waals surface area contributed by atoms with E-state index in [0.717, 1.165) is 10.0 Å². The Balaban J connectivity index is 1.90. The Labute approximate surface area is 187 Å². The molecule has 0 atom stereocenters. The van der Waals surface area contributed by atoms with Gasteiger partial charge in [-0.3, -0.25) is 9.69 Å². The van der Waals surface area contributed by atoms with Crippen LogP contribution in [0.4, 0.5) is 5.69 Å². The van der Waals surface area contributed by atoms with Crippen molar-refractivity contribution in [2.75, 3.05) is 12.0 Å². The number of carbonyl (C=O) groups excluding carboxylic acids is 1. The lowest BCUT2D eigenvalue weighted by atomic mass is 10.1. The van der Waals surface area contributed by atoms with Crippen molar-refractivity contribution in [2.45, 2.75) is 20.0 Å². The first-order valence-electron chi connectivity index (χ1n) is 8.38. The van der Waals surface area contributed by atoms with Crippen LogP contribution < -0.4 is 14.4 Å². The van der Waals surface area contributed by atoms with Crippen LogP contribution in [0.1, 0.15) is 19.4 Å². The zero-order chi connectivity index (χ0) is 20.4. The van der Waals surface area contributed by atoms with Gasteiger partial charge in [-0.25, -0.2) is 0 Å². The van der Waals surface area contributed by atoms with E-state index in [-0.39, 0.29) is 12.0 Å². The minimum absolute atomic E-state index is 0.0359. The van der Waals surface area contributed by atoms with Crippen LogP contribution in [0.2, 0.25) is 5.02 Å². The fourth-order valence-electron chi connectivity index (χ4n) is 2.59. The highest BCUT2D eigenvalue weighted by molar-refractivity contribution is 9.10. The average molecular weight is 499 g/mol. The summed E-state index contributed by atoms with van der Waals surface area (Å²) < 4.78 is 12.4. The topological polar surface area (TPSA) is 38.8 Å². The third kappa shape index (κ3) is 4.54. The van der Waals surface area contributed by atoms with E-state index in [1.54, 1.807) is 31.4 Å². The van der Waals surface area contributed by atoms with Crippen molar-refractivity contribution in [3.8, 4) is 11.5 Å². The molecule has 28 heavy (non-hydrogen) atoms. The van der Waals surface area contributed by atoms with Crippen LogP contribution in [0.5, 0.6) is 11.5 Å². The Morgan fingerprint density at radius 1 is 1.21 bits per heavy atom. The number of carbonyl (C=O) groups is 1. The summed E-state index contributed by atoms with van der Waals surface area (Å²) in [5.41, 5.74) is 1.46. The SMILES string of the molecule is COc1cc(/C=C2\SC(=S)N(c3ccc(Br)c(Cl)c3)C2=O)ccc1OC(C)C. The molecule has 0 aliphatic carbocycles. The quantitative estimate of drug-likeness (QED) is 0.357. The monoisotopic (exact) mass is 497 g/mol. The number of amides is 1. The standard InChI is InChI=1S/C20H17BrClNO3S2/c1-11(2)26-16-7-4-12(8-17(16)25-3)9-18-19(24)23(20(27)28-18)13-5-6-14(21)15(22)10-13/h4-11H,1-3H3/b18-9-. The highest BCUT2D eigenvalue weighted by Crippen LogP contribution is 2.38. The Hall–Kier alpha value is -1.54. The Morgan fingerprint density at radius 3 is 2.61 bits per heavy atom. The largest absolute Gasteiger partial charge is 0.493 e. The number of nitrogens with zero attached hydrogens (tertiary/aromatic N) is 1.